The summed E-state index contributed by atoms with van der Waals surface area (Å²) in [7, 11) is 0. The molecule has 0 atom stereocenters. The number of rotatable bonds is 1. The van der Waals surface area contributed by atoms with Crippen molar-refractivity contribution in [2.45, 2.75) is 58.2 Å². The van der Waals surface area contributed by atoms with E-state index in [0.717, 1.165) is 16.9 Å². The first-order chi connectivity index (χ1) is 9.87. The van der Waals surface area contributed by atoms with Crippen LogP contribution in [0.25, 0.3) is 11.2 Å². The van der Waals surface area contributed by atoms with Crippen LogP contribution < -0.4 is 5.56 Å². The second-order valence-corrected chi connectivity index (χ2v) is 6.29. The lowest BCUT2D eigenvalue weighted by atomic mass is 9.85. The average Bonchev–Trinajstić information content (AvgIpc) is 2.42. The van der Waals surface area contributed by atoms with E-state index in [2.05, 4.69) is 9.97 Å². The fourth-order valence-electron chi connectivity index (χ4n) is 3.05. The third-order valence-electron chi connectivity index (χ3n) is 4.53. The van der Waals surface area contributed by atoms with Gasteiger partial charge in [0.05, 0.1) is 11.4 Å². The van der Waals surface area contributed by atoms with Crippen molar-refractivity contribution >= 4 is 11.2 Å². The fraction of sp³-hybridized carbons (Fsp3) is 0.562. The largest absolute Gasteiger partial charge is 0.288 e. The molecule has 0 amide bonds. The standard InChI is InChI=1S/C16H20FN3O/c1-10-11(2)19-15-13(18-10)4-5-14(21)20(15)12-6-8-16(3,17)9-7-12/h4-5,12H,6-9H2,1-3H3. The first-order valence-electron chi connectivity index (χ1n) is 7.43. The molecule has 1 saturated carbocycles. The van der Waals surface area contributed by atoms with Gasteiger partial charge < -0.3 is 0 Å². The predicted octanol–water partition coefficient (Wildman–Crippen LogP) is 3.25. The molecule has 0 aromatic carbocycles. The Hall–Kier alpha value is -1.78. The van der Waals surface area contributed by atoms with Crippen LogP contribution in [-0.2, 0) is 0 Å². The van der Waals surface area contributed by atoms with Gasteiger partial charge in [0.2, 0.25) is 0 Å². The van der Waals surface area contributed by atoms with E-state index in [0.29, 0.717) is 31.3 Å². The minimum atomic E-state index is -1.11. The van der Waals surface area contributed by atoms with Gasteiger partial charge in [-0.3, -0.25) is 9.36 Å². The highest BCUT2D eigenvalue weighted by atomic mass is 19.1. The zero-order chi connectivity index (χ0) is 15.2. The number of hydrogen-bond donors (Lipinski definition) is 0. The van der Waals surface area contributed by atoms with Crippen LogP contribution in [0, 0.1) is 13.8 Å². The first kappa shape index (κ1) is 14.2. The first-order valence-corrected chi connectivity index (χ1v) is 7.43. The van der Waals surface area contributed by atoms with Gasteiger partial charge in [0.1, 0.15) is 11.2 Å². The number of fused-ring (bicyclic) bond motifs is 1. The Morgan fingerprint density at radius 1 is 1.19 bits per heavy atom. The minimum Gasteiger partial charge on any atom is -0.288 e. The molecule has 2 aromatic heterocycles. The second kappa shape index (κ2) is 4.90. The molecule has 0 N–H and O–H groups in total. The summed E-state index contributed by atoms with van der Waals surface area (Å²) in [5.41, 5.74) is 1.86. The van der Waals surface area contributed by atoms with Crippen molar-refractivity contribution in [2.75, 3.05) is 0 Å². The summed E-state index contributed by atoms with van der Waals surface area (Å²) in [6.45, 7) is 5.44. The maximum Gasteiger partial charge on any atom is 0.252 e. The van der Waals surface area contributed by atoms with Gasteiger partial charge >= 0.3 is 0 Å². The minimum absolute atomic E-state index is 0.0152. The van der Waals surface area contributed by atoms with Crippen LogP contribution in [0.1, 0.15) is 50.0 Å². The van der Waals surface area contributed by atoms with Crippen molar-refractivity contribution in [1.82, 2.24) is 14.5 Å². The molecule has 1 aliphatic rings. The van der Waals surface area contributed by atoms with Crippen LogP contribution in [0.15, 0.2) is 16.9 Å². The summed E-state index contributed by atoms with van der Waals surface area (Å²) in [4.78, 5) is 21.3. The van der Waals surface area contributed by atoms with Crippen LogP contribution in [0.3, 0.4) is 0 Å². The van der Waals surface area contributed by atoms with Gasteiger partial charge in [-0.2, -0.15) is 0 Å². The molecule has 4 nitrogen and oxygen atoms in total. The van der Waals surface area contributed by atoms with Gasteiger partial charge in [-0.05, 0) is 52.5 Å². The summed E-state index contributed by atoms with van der Waals surface area (Å²) in [6, 6.07) is 3.27. The monoisotopic (exact) mass is 289 g/mol. The topological polar surface area (TPSA) is 47.8 Å². The maximum absolute atomic E-state index is 14.0. The zero-order valence-corrected chi connectivity index (χ0v) is 12.7. The molecule has 0 aliphatic heterocycles. The van der Waals surface area contributed by atoms with Crippen molar-refractivity contribution in [3.05, 3.63) is 33.9 Å². The van der Waals surface area contributed by atoms with Crippen LogP contribution in [0.5, 0.6) is 0 Å². The Morgan fingerprint density at radius 2 is 1.81 bits per heavy atom. The molecule has 5 heteroatoms. The average molecular weight is 289 g/mol. The fourth-order valence-corrected chi connectivity index (χ4v) is 3.05. The number of pyridine rings is 1. The quantitative estimate of drug-likeness (QED) is 0.809. The van der Waals surface area contributed by atoms with E-state index < -0.39 is 5.67 Å². The van der Waals surface area contributed by atoms with Gasteiger partial charge in [-0.15, -0.1) is 0 Å². The third kappa shape index (κ3) is 2.57. The highest BCUT2D eigenvalue weighted by molar-refractivity contribution is 5.70. The van der Waals surface area contributed by atoms with Gasteiger partial charge in [-0.25, -0.2) is 14.4 Å². The zero-order valence-electron chi connectivity index (χ0n) is 12.7. The van der Waals surface area contributed by atoms with Crippen LogP contribution in [0.2, 0.25) is 0 Å². The summed E-state index contributed by atoms with van der Waals surface area (Å²) >= 11 is 0. The Bertz CT molecular complexity index is 741. The van der Waals surface area contributed by atoms with Gasteiger partial charge in [0.15, 0.2) is 5.65 Å². The van der Waals surface area contributed by atoms with Crippen molar-refractivity contribution in [3.63, 3.8) is 0 Å². The lowest BCUT2D eigenvalue weighted by Crippen LogP contribution is -2.32. The van der Waals surface area contributed by atoms with Crippen LogP contribution in [0.4, 0.5) is 4.39 Å². The lowest BCUT2D eigenvalue weighted by molar-refractivity contribution is 0.106. The van der Waals surface area contributed by atoms with E-state index in [4.69, 9.17) is 0 Å². The molecule has 0 unspecified atom stereocenters. The molecule has 3 rings (SSSR count). The summed E-state index contributed by atoms with van der Waals surface area (Å²) in [6.07, 6.45) is 2.30. The third-order valence-corrected chi connectivity index (χ3v) is 4.53. The smallest absolute Gasteiger partial charge is 0.252 e. The van der Waals surface area contributed by atoms with Crippen molar-refractivity contribution in [3.8, 4) is 0 Å². The Morgan fingerprint density at radius 3 is 2.48 bits per heavy atom. The van der Waals surface area contributed by atoms with Gasteiger partial charge in [-0.1, -0.05) is 0 Å². The van der Waals surface area contributed by atoms with Crippen molar-refractivity contribution < 1.29 is 4.39 Å². The molecule has 1 fully saturated rings. The van der Waals surface area contributed by atoms with Crippen molar-refractivity contribution in [1.29, 1.82) is 0 Å². The molecule has 0 radical (unpaired) electrons. The molecule has 2 heterocycles. The molecular formula is C16H20FN3O. The van der Waals surface area contributed by atoms with E-state index in [1.165, 1.54) is 6.07 Å². The van der Waals surface area contributed by atoms with E-state index in [9.17, 15) is 9.18 Å². The Kier molecular flexibility index (Phi) is 3.30. The van der Waals surface area contributed by atoms with Crippen LogP contribution in [-0.4, -0.2) is 20.2 Å². The summed E-state index contributed by atoms with van der Waals surface area (Å²) in [5.74, 6) is 0. The molecule has 0 bridgehead atoms. The SMILES string of the molecule is Cc1nc2ccc(=O)n(C3CCC(C)(F)CC3)c2nc1C. The molecule has 21 heavy (non-hydrogen) atoms. The Labute approximate surface area is 123 Å². The normalized spacial score (nSPS) is 26.2. The highest BCUT2D eigenvalue weighted by Crippen LogP contribution is 2.37. The molecule has 0 saturated heterocycles. The van der Waals surface area contributed by atoms with E-state index in [-0.39, 0.29) is 11.6 Å². The summed E-state index contributed by atoms with van der Waals surface area (Å²) in [5, 5.41) is 0. The van der Waals surface area contributed by atoms with Crippen molar-refractivity contribution in [2.24, 2.45) is 0 Å². The van der Waals surface area contributed by atoms with Gasteiger partial charge in [0.25, 0.3) is 5.56 Å². The predicted molar refractivity (Wildman–Crippen MR) is 80.3 cm³/mol. The van der Waals surface area contributed by atoms with E-state index >= 15 is 0 Å². The lowest BCUT2D eigenvalue weighted by Gasteiger charge is -2.32. The summed E-state index contributed by atoms with van der Waals surface area (Å²) < 4.78 is 15.7. The number of halogens is 1. The number of alkyl halides is 1. The number of aromatic nitrogens is 3. The molecule has 112 valence electrons. The molecular weight excluding hydrogens is 269 g/mol. The molecule has 1 aliphatic carbocycles. The maximum atomic E-state index is 14.0. The second-order valence-electron chi connectivity index (χ2n) is 6.29. The highest BCUT2D eigenvalue weighted by Gasteiger charge is 2.32. The number of aryl methyl sites for hydroxylation is 2. The van der Waals surface area contributed by atoms with E-state index in [1.807, 2.05) is 13.8 Å². The Balaban J connectivity index is 2.11. The molecule has 2 aromatic rings. The van der Waals surface area contributed by atoms with Crippen LogP contribution >= 0.6 is 0 Å². The number of nitrogens with zero attached hydrogens (tertiary/aromatic N) is 3. The molecule has 0 spiro atoms. The van der Waals surface area contributed by atoms with Gasteiger partial charge in [0, 0.05) is 12.1 Å². The van der Waals surface area contributed by atoms with E-state index in [1.54, 1.807) is 17.6 Å². The number of hydrogen-bond acceptors (Lipinski definition) is 3.